The number of nitrogens with zero attached hydrogens (tertiary/aromatic N) is 2. The molecule has 0 N–H and O–H groups in total. The van der Waals surface area contributed by atoms with Gasteiger partial charge in [-0.15, -0.1) is 4.91 Å². The van der Waals surface area contributed by atoms with E-state index in [9.17, 15) is 4.91 Å². The molecule has 1 heterocycles. The van der Waals surface area contributed by atoms with Crippen LogP contribution in [-0.2, 0) is 6.61 Å². The second-order valence-electron chi connectivity index (χ2n) is 6.16. The summed E-state index contributed by atoms with van der Waals surface area (Å²) >= 11 is 0. The SMILES string of the molecule is Cc1cc(Oc2c(C)cc(N=O)cc2C)ncc1OCc1ccccc1. The molecule has 0 amide bonds. The van der Waals surface area contributed by atoms with Crippen molar-refractivity contribution in [3.63, 3.8) is 0 Å². The fourth-order valence-corrected chi connectivity index (χ4v) is 2.71. The Bertz CT molecular complexity index is 901. The second kappa shape index (κ2) is 7.78. The molecular formula is C21H20N2O3. The molecule has 5 heteroatoms. The maximum atomic E-state index is 10.7. The van der Waals surface area contributed by atoms with Gasteiger partial charge in [-0.25, -0.2) is 4.98 Å². The van der Waals surface area contributed by atoms with Crippen LogP contribution in [0.5, 0.6) is 17.4 Å². The zero-order chi connectivity index (χ0) is 18.5. The lowest BCUT2D eigenvalue weighted by molar-refractivity contribution is 0.301. The molecule has 0 fully saturated rings. The third-order valence-electron chi connectivity index (χ3n) is 4.03. The fraction of sp³-hybridized carbons (Fsp3) is 0.190. The summed E-state index contributed by atoms with van der Waals surface area (Å²) in [5.41, 5.74) is 4.10. The lowest BCUT2D eigenvalue weighted by Gasteiger charge is -2.13. The van der Waals surface area contributed by atoms with Crippen molar-refractivity contribution in [3.05, 3.63) is 81.9 Å². The highest BCUT2D eigenvalue weighted by Crippen LogP contribution is 2.32. The van der Waals surface area contributed by atoms with E-state index in [0.717, 1.165) is 28.0 Å². The van der Waals surface area contributed by atoms with E-state index in [1.54, 1.807) is 18.3 Å². The Balaban J connectivity index is 1.75. The topological polar surface area (TPSA) is 60.8 Å². The molecule has 5 nitrogen and oxygen atoms in total. The van der Waals surface area contributed by atoms with E-state index < -0.39 is 0 Å². The molecule has 2 aromatic carbocycles. The normalized spacial score (nSPS) is 10.4. The predicted molar refractivity (Wildman–Crippen MR) is 101 cm³/mol. The lowest BCUT2D eigenvalue weighted by atomic mass is 10.1. The summed E-state index contributed by atoms with van der Waals surface area (Å²) in [7, 11) is 0. The van der Waals surface area contributed by atoms with E-state index in [0.29, 0.717) is 23.9 Å². The third-order valence-corrected chi connectivity index (χ3v) is 4.03. The number of pyridine rings is 1. The molecule has 132 valence electrons. The third kappa shape index (κ3) is 4.06. The highest BCUT2D eigenvalue weighted by molar-refractivity contribution is 5.53. The van der Waals surface area contributed by atoms with E-state index in [1.165, 1.54) is 0 Å². The first kappa shape index (κ1) is 17.6. The molecule has 0 atom stereocenters. The molecule has 3 aromatic rings. The first-order valence-electron chi connectivity index (χ1n) is 8.32. The average Bonchev–Trinajstić information content (AvgIpc) is 2.64. The Morgan fingerprint density at radius 1 is 0.962 bits per heavy atom. The number of rotatable bonds is 6. The van der Waals surface area contributed by atoms with E-state index in [2.05, 4.69) is 10.2 Å². The second-order valence-corrected chi connectivity index (χ2v) is 6.16. The van der Waals surface area contributed by atoms with Gasteiger partial charge in [0, 0.05) is 6.07 Å². The molecule has 0 unspecified atom stereocenters. The minimum Gasteiger partial charge on any atom is -0.487 e. The Morgan fingerprint density at radius 2 is 1.65 bits per heavy atom. The van der Waals surface area contributed by atoms with Crippen LogP contribution in [0.4, 0.5) is 5.69 Å². The van der Waals surface area contributed by atoms with Gasteiger partial charge in [0.15, 0.2) is 0 Å². The smallest absolute Gasteiger partial charge is 0.219 e. The van der Waals surface area contributed by atoms with Gasteiger partial charge < -0.3 is 9.47 Å². The number of hydrogen-bond donors (Lipinski definition) is 0. The molecule has 0 saturated heterocycles. The summed E-state index contributed by atoms with van der Waals surface area (Å²) in [5, 5.41) is 2.97. The van der Waals surface area contributed by atoms with Crippen LogP contribution in [0.25, 0.3) is 0 Å². The quantitative estimate of drug-likeness (QED) is 0.530. The number of hydrogen-bond acceptors (Lipinski definition) is 5. The van der Waals surface area contributed by atoms with Crippen molar-refractivity contribution < 1.29 is 9.47 Å². The van der Waals surface area contributed by atoms with Crippen LogP contribution in [0, 0.1) is 25.7 Å². The van der Waals surface area contributed by atoms with Crippen LogP contribution in [0.1, 0.15) is 22.3 Å². The van der Waals surface area contributed by atoms with Gasteiger partial charge in [-0.3, -0.25) is 0 Å². The zero-order valence-corrected chi connectivity index (χ0v) is 15.0. The van der Waals surface area contributed by atoms with Crippen LogP contribution in [0.3, 0.4) is 0 Å². The molecule has 0 aliphatic heterocycles. The first-order chi connectivity index (χ1) is 12.6. The lowest BCUT2D eigenvalue weighted by Crippen LogP contribution is -1.99. The average molecular weight is 348 g/mol. The van der Waals surface area contributed by atoms with Crippen molar-refractivity contribution in [3.8, 4) is 17.4 Å². The molecule has 0 radical (unpaired) electrons. The molecule has 0 spiro atoms. The molecule has 3 rings (SSSR count). The van der Waals surface area contributed by atoms with E-state index in [1.807, 2.05) is 57.2 Å². The van der Waals surface area contributed by atoms with Gasteiger partial charge in [-0.05, 0) is 60.3 Å². The highest BCUT2D eigenvalue weighted by Gasteiger charge is 2.11. The molecule has 0 aliphatic rings. The largest absolute Gasteiger partial charge is 0.487 e. The molecule has 1 aromatic heterocycles. The minimum atomic E-state index is 0.390. The van der Waals surface area contributed by atoms with Crippen LogP contribution in [0.15, 0.2) is 59.9 Å². The van der Waals surface area contributed by atoms with Crippen LogP contribution < -0.4 is 9.47 Å². The van der Waals surface area contributed by atoms with E-state index in [4.69, 9.17) is 9.47 Å². The predicted octanol–water partition coefficient (Wildman–Crippen LogP) is 5.78. The number of ether oxygens (including phenoxy) is 2. The maximum absolute atomic E-state index is 10.7. The van der Waals surface area contributed by atoms with Crippen LogP contribution in [-0.4, -0.2) is 4.98 Å². The van der Waals surface area contributed by atoms with Crippen molar-refractivity contribution in [1.29, 1.82) is 0 Å². The monoisotopic (exact) mass is 348 g/mol. The van der Waals surface area contributed by atoms with E-state index in [-0.39, 0.29) is 0 Å². The number of nitroso groups, excluding NO2 is 1. The van der Waals surface area contributed by atoms with Crippen molar-refractivity contribution >= 4 is 5.69 Å². The van der Waals surface area contributed by atoms with Gasteiger partial charge in [0.2, 0.25) is 5.88 Å². The molecular weight excluding hydrogens is 328 g/mol. The van der Waals surface area contributed by atoms with Gasteiger partial charge >= 0.3 is 0 Å². The Labute approximate surface area is 152 Å². The molecule has 0 saturated carbocycles. The number of benzene rings is 2. The summed E-state index contributed by atoms with van der Waals surface area (Å²) in [6.07, 6.45) is 1.67. The summed E-state index contributed by atoms with van der Waals surface area (Å²) in [6.45, 7) is 6.19. The van der Waals surface area contributed by atoms with Crippen LogP contribution >= 0.6 is 0 Å². The Hall–Kier alpha value is -3.21. The number of aryl methyl sites for hydroxylation is 3. The Morgan fingerprint density at radius 3 is 2.27 bits per heavy atom. The molecule has 0 bridgehead atoms. The molecule has 0 aliphatic carbocycles. The van der Waals surface area contributed by atoms with Gasteiger partial charge in [0.25, 0.3) is 0 Å². The van der Waals surface area contributed by atoms with Crippen LogP contribution in [0.2, 0.25) is 0 Å². The van der Waals surface area contributed by atoms with Gasteiger partial charge in [-0.1, -0.05) is 30.3 Å². The maximum Gasteiger partial charge on any atom is 0.219 e. The van der Waals surface area contributed by atoms with Crippen molar-refractivity contribution in [2.24, 2.45) is 5.18 Å². The van der Waals surface area contributed by atoms with Crippen molar-refractivity contribution in [1.82, 2.24) is 4.98 Å². The van der Waals surface area contributed by atoms with Gasteiger partial charge in [0.1, 0.15) is 23.8 Å². The minimum absolute atomic E-state index is 0.390. The fourth-order valence-electron chi connectivity index (χ4n) is 2.71. The van der Waals surface area contributed by atoms with Crippen molar-refractivity contribution in [2.75, 3.05) is 0 Å². The first-order valence-corrected chi connectivity index (χ1v) is 8.32. The van der Waals surface area contributed by atoms with E-state index >= 15 is 0 Å². The van der Waals surface area contributed by atoms with Gasteiger partial charge in [0.05, 0.1) is 6.20 Å². The summed E-state index contributed by atoms with van der Waals surface area (Å²) in [5.74, 6) is 1.88. The summed E-state index contributed by atoms with van der Waals surface area (Å²) in [4.78, 5) is 15.0. The number of aromatic nitrogens is 1. The molecule has 26 heavy (non-hydrogen) atoms. The standard InChI is InChI=1S/C21H20N2O3/c1-14-11-20(26-21-15(2)9-18(23-24)10-16(21)3)22-12-19(14)25-13-17-7-5-4-6-8-17/h4-12H,13H2,1-3H3. The van der Waals surface area contributed by atoms with Gasteiger partial charge in [-0.2, -0.15) is 0 Å². The highest BCUT2D eigenvalue weighted by atomic mass is 16.5. The summed E-state index contributed by atoms with van der Waals surface area (Å²) < 4.78 is 11.8. The Kier molecular flexibility index (Phi) is 5.27. The summed E-state index contributed by atoms with van der Waals surface area (Å²) in [6, 6.07) is 15.2. The zero-order valence-electron chi connectivity index (χ0n) is 15.0. The van der Waals surface area contributed by atoms with Crippen molar-refractivity contribution in [2.45, 2.75) is 27.4 Å².